The van der Waals surface area contributed by atoms with Crippen LogP contribution in [0, 0.1) is 6.92 Å². The molecule has 2 aromatic heterocycles. The van der Waals surface area contributed by atoms with Gasteiger partial charge in [0.1, 0.15) is 17.0 Å². The van der Waals surface area contributed by atoms with Gasteiger partial charge in [0.15, 0.2) is 0 Å². The molecule has 0 aliphatic heterocycles. The number of aryl methyl sites for hydroxylation is 1. The molecule has 0 N–H and O–H groups in total. The Morgan fingerprint density at radius 2 is 1.13 bits per heavy atom. The zero-order chi connectivity index (χ0) is 31.3. The van der Waals surface area contributed by atoms with Crippen LogP contribution in [0.1, 0.15) is 5.56 Å². The molecule has 0 aliphatic carbocycles. The van der Waals surface area contributed by atoms with Crippen LogP contribution in [-0.4, -0.2) is 9.55 Å². The normalized spacial score (nSPS) is 11.5. The average Bonchev–Trinajstić information content (AvgIpc) is 3.72. The number of para-hydroxylation sites is 3. The minimum atomic E-state index is 0.846. The fourth-order valence-corrected chi connectivity index (χ4v) is 6.95. The number of benzene rings is 7. The van der Waals surface area contributed by atoms with Gasteiger partial charge in [-0.05, 0) is 65.1 Å². The largest absolute Gasteiger partial charge is 0.455 e. The third kappa shape index (κ3) is 4.47. The number of aromatic nitrogens is 2. The van der Waals surface area contributed by atoms with E-state index in [1.807, 2.05) is 6.07 Å². The molecule has 3 heteroatoms. The predicted octanol–water partition coefficient (Wildman–Crippen LogP) is 11.9. The number of rotatable bonds is 5. The Bertz CT molecular complexity index is 2500. The molecule has 0 saturated heterocycles. The van der Waals surface area contributed by atoms with Crippen molar-refractivity contribution in [2.75, 3.05) is 0 Å². The van der Waals surface area contributed by atoms with Crippen LogP contribution < -0.4 is 0 Å². The van der Waals surface area contributed by atoms with Gasteiger partial charge in [-0.1, -0.05) is 133 Å². The van der Waals surface area contributed by atoms with Crippen LogP contribution in [0.4, 0.5) is 0 Å². The molecule has 0 amide bonds. The first-order chi connectivity index (χ1) is 23.2. The standard InChI is InChI=1S/C44H30N2O/c1-29-24-26-37(43-41(29)36-27-25-33(28-40(36)47-43)30-14-5-2-6-15-30)44-45-38-22-11-12-23-39(38)46(44)42-34(31-16-7-3-8-17-31)20-13-21-35(42)32-18-9-4-10-19-32/h2-28H,1H3. The van der Waals surface area contributed by atoms with Crippen molar-refractivity contribution in [2.45, 2.75) is 6.92 Å². The first kappa shape index (κ1) is 27.1. The van der Waals surface area contributed by atoms with E-state index in [0.717, 1.165) is 77.9 Å². The van der Waals surface area contributed by atoms with Gasteiger partial charge in [0.05, 0.1) is 22.3 Å². The molecule has 0 fully saturated rings. The van der Waals surface area contributed by atoms with Crippen molar-refractivity contribution < 1.29 is 4.42 Å². The van der Waals surface area contributed by atoms with Crippen molar-refractivity contribution in [2.24, 2.45) is 0 Å². The van der Waals surface area contributed by atoms with Crippen molar-refractivity contribution >= 4 is 33.0 Å². The Kier molecular flexibility index (Phi) is 6.36. The summed E-state index contributed by atoms with van der Waals surface area (Å²) >= 11 is 0. The molecule has 9 rings (SSSR count). The van der Waals surface area contributed by atoms with Gasteiger partial charge in [-0.25, -0.2) is 4.98 Å². The van der Waals surface area contributed by atoms with Crippen molar-refractivity contribution in [3.63, 3.8) is 0 Å². The molecular formula is C44H30N2O. The highest BCUT2D eigenvalue weighted by atomic mass is 16.3. The highest BCUT2D eigenvalue weighted by Crippen LogP contribution is 2.43. The van der Waals surface area contributed by atoms with E-state index in [2.05, 4.69) is 169 Å². The number of nitrogens with zero attached hydrogens (tertiary/aromatic N) is 2. The Labute approximate surface area is 273 Å². The summed E-state index contributed by atoms with van der Waals surface area (Å²) in [5, 5.41) is 2.23. The van der Waals surface area contributed by atoms with E-state index < -0.39 is 0 Å². The molecule has 0 atom stereocenters. The van der Waals surface area contributed by atoms with Gasteiger partial charge in [-0.3, -0.25) is 4.57 Å². The Balaban J connectivity index is 1.37. The fraction of sp³-hybridized carbons (Fsp3) is 0.0227. The maximum Gasteiger partial charge on any atom is 0.149 e. The lowest BCUT2D eigenvalue weighted by molar-refractivity contribution is 0.669. The van der Waals surface area contributed by atoms with E-state index in [-0.39, 0.29) is 0 Å². The summed E-state index contributed by atoms with van der Waals surface area (Å²) in [6.45, 7) is 2.16. The zero-order valence-electron chi connectivity index (χ0n) is 25.9. The second-order valence-electron chi connectivity index (χ2n) is 12.0. The second-order valence-corrected chi connectivity index (χ2v) is 12.0. The Hall–Kier alpha value is -6.19. The molecule has 222 valence electrons. The van der Waals surface area contributed by atoms with Crippen molar-refractivity contribution in [1.29, 1.82) is 0 Å². The number of hydrogen-bond donors (Lipinski definition) is 0. The summed E-state index contributed by atoms with van der Waals surface area (Å²) in [4.78, 5) is 5.35. The highest BCUT2D eigenvalue weighted by Gasteiger charge is 2.24. The van der Waals surface area contributed by atoms with Gasteiger partial charge in [-0.2, -0.15) is 0 Å². The predicted molar refractivity (Wildman–Crippen MR) is 195 cm³/mol. The third-order valence-corrected chi connectivity index (χ3v) is 9.17. The molecule has 7 aromatic carbocycles. The minimum absolute atomic E-state index is 0.846. The number of fused-ring (bicyclic) bond motifs is 4. The average molecular weight is 603 g/mol. The van der Waals surface area contributed by atoms with Crippen LogP contribution in [-0.2, 0) is 0 Å². The lowest BCUT2D eigenvalue weighted by Crippen LogP contribution is -2.03. The smallest absolute Gasteiger partial charge is 0.149 e. The SMILES string of the molecule is Cc1ccc(-c2nc3ccccc3n2-c2c(-c3ccccc3)cccc2-c2ccccc2)c2oc3cc(-c4ccccc4)ccc3c12. The van der Waals surface area contributed by atoms with E-state index in [0.29, 0.717) is 0 Å². The summed E-state index contributed by atoms with van der Waals surface area (Å²) in [6, 6.07) is 57.6. The molecule has 0 spiro atoms. The van der Waals surface area contributed by atoms with Crippen LogP contribution in [0.3, 0.4) is 0 Å². The van der Waals surface area contributed by atoms with E-state index in [1.54, 1.807) is 0 Å². The van der Waals surface area contributed by atoms with E-state index in [1.165, 1.54) is 11.1 Å². The molecule has 0 unspecified atom stereocenters. The highest BCUT2D eigenvalue weighted by molar-refractivity contribution is 6.12. The van der Waals surface area contributed by atoms with Crippen LogP contribution in [0.2, 0.25) is 0 Å². The number of hydrogen-bond acceptors (Lipinski definition) is 2. The first-order valence-corrected chi connectivity index (χ1v) is 16.0. The molecular weight excluding hydrogens is 572 g/mol. The second kappa shape index (κ2) is 11.0. The lowest BCUT2D eigenvalue weighted by atomic mass is 9.95. The molecule has 2 heterocycles. The van der Waals surface area contributed by atoms with Gasteiger partial charge >= 0.3 is 0 Å². The van der Waals surface area contributed by atoms with E-state index in [4.69, 9.17) is 9.40 Å². The van der Waals surface area contributed by atoms with Gasteiger partial charge in [0.25, 0.3) is 0 Å². The first-order valence-electron chi connectivity index (χ1n) is 16.0. The summed E-state index contributed by atoms with van der Waals surface area (Å²) in [5.41, 5.74) is 13.8. The quantitative estimate of drug-likeness (QED) is 0.196. The summed E-state index contributed by atoms with van der Waals surface area (Å²) in [5.74, 6) is 0.846. The minimum Gasteiger partial charge on any atom is -0.455 e. The molecule has 9 aromatic rings. The van der Waals surface area contributed by atoms with Crippen LogP contribution in [0.15, 0.2) is 168 Å². The van der Waals surface area contributed by atoms with Crippen LogP contribution >= 0.6 is 0 Å². The number of imidazole rings is 1. The summed E-state index contributed by atoms with van der Waals surface area (Å²) in [7, 11) is 0. The van der Waals surface area contributed by atoms with Gasteiger partial charge < -0.3 is 4.42 Å². The Morgan fingerprint density at radius 1 is 0.511 bits per heavy atom. The lowest BCUT2D eigenvalue weighted by Gasteiger charge is -2.20. The van der Waals surface area contributed by atoms with E-state index >= 15 is 0 Å². The van der Waals surface area contributed by atoms with Crippen molar-refractivity contribution in [3.8, 4) is 50.5 Å². The third-order valence-electron chi connectivity index (χ3n) is 9.17. The van der Waals surface area contributed by atoms with Crippen LogP contribution in [0.25, 0.3) is 83.4 Å². The van der Waals surface area contributed by atoms with Gasteiger partial charge in [0.2, 0.25) is 0 Å². The fourth-order valence-electron chi connectivity index (χ4n) is 6.95. The van der Waals surface area contributed by atoms with Crippen molar-refractivity contribution in [3.05, 3.63) is 169 Å². The van der Waals surface area contributed by atoms with Crippen molar-refractivity contribution in [1.82, 2.24) is 9.55 Å². The molecule has 0 aliphatic rings. The van der Waals surface area contributed by atoms with E-state index in [9.17, 15) is 0 Å². The Morgan fingerprint density at radius 3 is 1.81 bits per heavy atom. The topological polar surface area (TPSA) is 31.0 Å². The monoisotopic (exact) mass is 602 g/mol. The van der Waals surface area contributed by atoms with Gasteiger partial charge in [-0.15, -0.1) is 0 Å². The maximum atomic E-state index is 6.84. The molecule has 0 radical (unpaired) electrons. The summed E-state index contributed by atoms with van der Waals surface area (Å²) in [6.07, 6.45) is 0. The molecule has 0 saturated carbocycles. The molecule has 47 heavy (non-hydrogen) atoms. The zero-order valence-corrected chi connectivity index (χ0v) is 25.9. The maximum absolute atomic E-state index is 6.84. The molecule has 3 nitrogen and oxygen atoms in total. The number of furan rings is 1. The van der Waals surface area contributed by atoms with Gasteiger partial charge in [0, 0.05) is 21.9 Å². The summed E-state index contributed by atoms with van der Waals surface area (Å²) < 4.78 is 9.18. The van der Waals surface area contributed by atoms with Crippen LogP contribution in [0.5, 0.6) is 0 Å². The molecule has 0 bridgehead atoms.